The van der Waals surface area contributed by atoms with Gasteiger partial charge in [0, 0.05) is 0 Å². The smallest absolute Gasteiger partial charge is 0.0348 e. The minimum atomic E-state index is 1.20. The van der Waals surface area contributed by atoms with Crippen molar-refractivity contribution in [2.45, 2.75) is 148 Å². The summed E-state index contributed by atoms with van der Waals surface area (Å²) in [6, 6.07) is 0. The van der Waals surface area contributed by atoms with Crippen LogP contribution in [0.25, 0.3) is 0 Å². The topological polar surface area (TPSA) is 0 Å². The fraction of sp³-hybridized carbons (Fsp3) is 0.793. The highest BCUT2D eigenvalue weighted by Crippen LogP contribution is 2.14. The van der Waals surface area contributed by atoms with Gasteiger partial charge in [-0.05, 0) is 38.5 Å². The first-order chi connectivity index (χ1) is 14.4. The Hall–Kier alpha value is -0.780. The molecule has 0 saturated carbocycles. The molecular formula is C29H54. The van der Waals surface area contributed by atoms with Crippen molar-refractivity contribution in [3.8, 4) is 0 Å². The molecule has 0 spiro atoms. The van der Waals surface area contributed by atoms with Gasteiger partial charge in [0.1, 0.15) is 0 Å². The second-order valence-electron chi connectivity index (χ2n) is 8.87. The van der Waals surface area contributed by atoms with Crippen molar-refractivity contribution in [2.24, 2.45) is 0 Å². The fourth-order valence-corrected chi connectivity index (χ4v) is 3.89. The zero-order valence-electron chi connectivity index (χ0n) is 20.2. The van der Waals surface area contributed by atoms with Crippen molar-refractivity contribution < 1.29 is 0 Å². The second-order valence-corrected chi connectivity index (χ2v) is 8.87. The standard InChI is InChI=1S/C29H54/c1-3-5-7-9-11-13-15-17-19-21-23-25-27-29-28-26-24-22-20-18-16-14-12-10-8-6-4-2/h3,14,16,18,20H,1,4-13,15,17,19,21-29H2,2H3/b16-14-,20-18-. The van der Waals surface area contributed by atoms with Crippen molar-refractivity contribution in [3.05, 3.63) is 37.0 Å². The lowest BCUT2D eigenvalue weighted by Crippen LogP contribution is -1.83. The quantitative estimate of drug-likeness (QED) is 0.0855. The third-order valence-electron chi connectivity index (χ3n) is 5.89. The molecule has 0 aromatic rings. The van der Waals surface area contributed by atoms with Gasteiger partial charge in [-0.2, -0.15) is 0 Å². The summed E-state index contributed by atoms with van der Waals surface area (Å²) in [5, 5.41) is 0. The van der Waals surface area contributed by atoms with Crippen LogP contribution >= 0.6 is 0 Å². The molecule has 0 bridgehead atoms. The van der Waals surface area contributed by atoms with Gasteiger partial charge in [0.05, 0.1) is 0 Å². The predicted molar refractivity (Wildman–Crippen MR) is 136 cm³/mol. The maximum atomic E-state index is 3.79. The van der Waals surface area contributed by atoms with Crippen LogP contribution in [0.5, 0.6) is 0 Å². The van der Waals surface area contributed by atoms with Gasteiger partial charge < -0.3 is 0 Å². The molecule has 0 atom stereocenters. The Labute approximate surface area is 185 Å². The molecule has 0 fully saturated rings. The van der Waals surface area contributed by atoms with Gasteiger partial charge in [-0.25, -0.2) is 0 Å². The molecule has 29 heavy (non-hydrogen) atoms. The average Bonchev–Trinajstić information content (AvgIpc) is 2.74. The lowest BCUT2D eigenvalue weighted by Gasteiger charge is -2.03. The minimum absolute atomic E-state index is 1.20. The van der Waals surface area contributed by atoms with Gasteiger partial charge in [0.2, 0.25) is 0 Å². The zero-order chi connectivity index (χ0) is 21.1. The van der Waals surface area contributed by atoms with Crippen LogP contribution in [0.1, 0.15) is 148 Å². The van der Waals surface area contributed by atoms with Crippen molar-refractivity contribution in [3.63, 3.8) is 0 Å². The lowest BCUT2D eigenvalue weighted by molar-refractivity contribution is 0.531. The van der Waals surface area contributed by atoms with Gasteiger partial charge in [-0.3, -0.25) is 0 Å². The molecule has 0 heteroatoms. The van der Waals surface area contributed by atoms with E-state index in [2.05, 4.69) is 37.8 Å². The number of hydrogen-bond donors (Lipinski definition) is 0. The van der Waals surface area contributed by atoms with E-state index in [1.807, 2.05) is 6.08 Å². The van der Waals surface area contributed by atoms with E-state index in [9.17, 15) is 0 Å². The lowest BCUT2D eigenvalue weighted by atomic mass is 10.0. The van der Waals surface area contributed by atoms with Gasteiger partial charge in [0.15, 0.2) is 0 Å². The van der Waals surface area contributed by atoms with Crippen LogP contribution in [0.15, 0.2) is 37.0 Å². The van der Waals surface area contributed by atoms with Crippen LogP contribution < -0.4 is 0 Å². The van der Waals surface area contributed by atoms with E-state index in [0.717, 1.165) is 0 Å². The SMILES string of the molecule is C=CCCCCCCCCCCCCCCCCC/C=C\C=C/CCCCCC. The molecule has 0 aliphatic heterocycles. The Morgan fingerprint density at radius 2 is 0.724 bits per heavy atom. The Kier molecular flexibility index (Phi) is 26.5. The van der Waals surface area contributed by atoms with Crippen molar-refractivity contribution in [1.29, 1.82) is 0 Å². The molecule has 0 aliphatic rings. The summed E-state index contributed by atoms with van der Waals surface area (Å²) >= 11 is 0. The molecule has 0 unspecified atom stereocenters. The van der Waals surface area contributed by atoms with E-state index in [1.54, 1.807) is 0 Å². The normalized spacial score (nSPS) is 11.8. The van der Waals surface area contributed by atoms with E-state index in [-0.39, 0.29) is 0 Å². The molecule has 0 rings (SSSR count). The first-order valence-electron chi connectivity index (χ1n) is 13.3. The van der Waals surface area contributed by atoms with Crippen LogP contribution in [-0.2, 0) is 0 Å². The van der Waals surface area contributed by atoms with Crippen molar-refractivity contribution >= 4 is 0 Å². The molecule has 0 radical (unpaired) electrons. The third kappa shape index (κ3) is 27.2. The number of unbranched alkanes of at least 4 members (excludes halogenated alkanes) is 20. The Morgan fingerprint density at radius 3 is 1.07 bits per heavy atom. The molecule has 0 aliphatic carbocycles. The number of allylic oxidation sites excluding steroid dienone is 5. The highest BCUT2D eigenvalue weighted by atomic mass is 14.0. The monoisotopic (exact) mass is 402 g/mol. The number of hydrogen-bond acceptors (Lipinski definition) is 0. The van der Waals surface area contributed by atoms with Crippen LogP contribution in [0.2, 0.25) is 0 Å². The van der Waals surface area contributed by atoms with Gasteiger partial charge in [0.25, 0.3) is 0 Å². The summed E-state index contributed by atoms with van der Waals surface area (Å²) in [7, 11) is 0. The van der Waals surface area contributed by atoms with Crippen LogP contribution in [0.4, 0.5) is 0 Å². The Balaban J connectivity index is 3.10. The van der Waals surface area contributed by atoms with E-state index in [4.69, 9.17) is 0 Å². The van der Waals surface area contributed by atoms with E-state index in [1.165, 1.54) is 141 Å². The largest absolute Gasteiger partial charge is 0.103 e. The maximum absolute atomic E-state index is 3.79. The average molecular weight is 403 g/mol. The van der Waals surface area contributed by atoms with Crippen LogP contribution in [0.3, 0.4) is 0 Å². The maximum Gasteiger partial charge on any atom is -0.0348 e. The minimum Gasteiger partial charge on any atom is -0.103 e. The van der Waals surface area contributed by atoms with Crippen LogP contribution in [-0.4, -0.2) is 0 Å². The molecule has 0 N–H and O–H groups in total. The molecule has 170 valence electrons. The Bertz CT molecular complexity index is 349. The molecular weight excluding hydrogens is 348 g/mol. The molecule has 0 aromatic carbocycles. The molecule has 0 amide bonds. The summed E-state index contributed by atoms with van der Waals surface area (Å²) < 4.78 is 0. The van der Waals surface area contributed by atoms with E-state index < -0.39 is 0 Å². The predicted octanol–water partition coefficient (Wildman–Crippen LogP) is 10.9. The third-order valence-corrected chi connectivity index (χ3v) is 5.89. The van der Waals surface area contributed by atoms with Gasteiger partial charge >= 0.3 is 0 Å². The summed E-state index contributed by atoms with van der Waals surface area (Å²) in [4.78, 5) is 0. The van der Waals surface area contributed by atoms with Gasteiger partial charge in [-0.1, -0.05) is 140 Å². The summed E-state index contributed by atoms with van der Waals surface area (Å²) in [6.07, 6.45) is 41.9. The summed E-state index contributed by atoms with van der Waals surface area (Å²) in [6.45, 7) is 6.06. The molecule has 0 aromatic heterocycles. The fourth-order valence-electron chi connectivity index (χ4n) is 3.89. The zero-order valence-corrected chi connectivity index (χ0v) is 20.2. The van der Waals surface area contributed by atoms with Crippen LogP contribution in [0, 0.1) is 0 Å². The van der Waals surface area contributed by atoms with Crippen molar-refractivity contribution in [1.82, 2.24) is 0 Å². The molecule has 0 heterocycles. The summed E-state index contributed by atoms with van der Waals surface area (Å²) in [5.41, 5.74) is 0. The Morgan fingerprint density at radius 1 is 0.414 bits per heavy atom. The number of rotatable bonds is 24. The van der Waals surface area contributed by atoms with E-state index in [0.29, 0.717) is 0 Å². The highest BCUT2D eigenvalue weighted by Gasteiger charge is 1.94. The highest BCUT2D eigenvalue weighted by molar-refractivity contribution is 5.02. The summed E-state index contributed by atoms with van der Waals surface area (Å²) in [5.74, 6) is 0. The van der Waals surface area contributed by atoms with Gasteiger partial charge in [-0.15, -0.1) is 6.58 Å². The van der Waals surface area contributed by atoms with E-state index >= 15 is 0 Å². The molecule has 0 saturated heterocycles. The first kappa shape index (κ1) is 28.2. The molecule has 0 nitrogen and oxygen atoms in total. The first-order valence-corrected chi connectivity index (χ1v) is 13.3. The second kappa shape index (κ2) is 27.2. The van der Waals surface area contributed by atoms with Crippen molar-refractivity contribution in [2.75, 3.05) is 0 Å².